The summed E-state index contributed by atoms with van der Waals surface area (Å²) in [5, 5.41) is 3.10. The van der Waals surface area contributed by atoms with E-state index in [4.69, 9.17) is 0 Å². The Morgan fingerprint density at radius 2 is 1.95 bits per heavy atom. The molecule has 0 spiro atoms. The standard InChI is InChI=1S/C16H20N2O/c1-12(19)17-16(14-5-3-2-4-6-14)15-11-13-7-9-18(15)10-8-13/h2-6,11,13,16H,7-10H2,1H3,(H,17,19)/t16-/m0/s1. The van der Waals surface area contributed by atoms with Crippen LogP contribution in [0.5, 0.6) is 0 Å². The van der Waals surface area contributed by atoms with E-state index >= 15 is 0 Å². The highest BCUT2D eigenvalue weighted by Gasteiger charge is 2.31. The molecule has 4 rings (SSSR count). The summed E-state index contributed by atoms with van der Waals surface area (Å²) >= 11 is 0. The summed E-state index contributed by atoms with van der Waals surface area (Å²) in [4.78, 5) is 13.9. The highest BCUT2D eigenvalue weighted by Crippen LogP contribution is 2.35. The van der Waals surface area contributed by atoms with Crippen molar-refractivity contribution in [1.29, 1.82) is 0 Å². The van der Waals surface area contributed by atoms with Gasteiger partial charge in [0.05, 0.1) is 6.04 Å². The van der Waals surface area contributed by atoms with Gasteiger partial charge in [0.15, 0.2) is 0 Å². The Labute approximate surface area is 114 Å². The fraction of sp³-hybridized carbons (Fsp3) is 0.438. The molecule has 1 amide bonds. The molecule has 1 atom stereocenters. The summed E-state index contributed by atoms with van der Waals surface area (Å²) in [5.74, 6) is 0.720. The van der Waals surface area contributed by atoms with Gasteiger partial charge in [-0.3, -0.25) is 4.79 Å². The van der Waals surface area contributed by atoms with Crippen LogP contribution < -0.4 is 5.32 Å². The second kappa shape index (κ2) is 5.08. The van der Waals surface area contributed by atoms with Gasteiger partial charge in [-0.15, -0.1) is 0 Å². The van der Waals surface area contributed by atoms with E-state index in [1.807, 2.05) is 18.2 Å². The van der Waals surface area contributed by atoms with Gasteiger partial charge in [-0.25, -0.2) is 0 Å². The first-order valence-electron chi connectivity index (χ1n) is 7.03. The lowest BCUT2D eigenvalue weighted by atomic mass is 9.87. The van der Waals surface area contributed by atoms with Crippen LogP contribution >= 0.6 is 0 Å². The zero-order valence-electron chi connectivity index (χ0n) is 11.3. The van der Waals surface area contributed by atoms with Gasteiger partial charge in [0, 0.05) is 25.7 Å². The fourth-order valence-corrected chi connectivity index (χ4v) is 3.13. The molecule has 19 heavy (non-hydrogen) atoms. The van der Waals surface area contributed by atoms with Crippen molar-refractivity contribution < 1.29 is 4.79 Å². The lowest BCUT2D eigenvalue weighted by molar-refractivity contribution is -0.119. The van der Waals surface area contributed by atoms with E-state index in [1.165, 1.54) is 18.5 Å². The molecule has 3 heterocycles. The Morgan fingerprint density at radius 1 is 1.26 bits per heavy atom. The molecule has 1 N–H and O–H groups in total. The van der Waals surface area contributed by atoms with E-state index in [0.29, 0.717) is 5.92 Å². The largest absolute Gasteiger partial charge is 0.373 e. The maximum atomic E-state index is 11.5. The zero-order chi connectivity index (χ0) is 13.2. The maximum Gasteiger partial charge on any atom is 0.217 e. The second-order valence-corrected chi connectivity index (χ2v) is 5.46. The predicted molar refractivity (Wildman–Crippen MR) is 75.4 cm³/mol. The van der Waals surface area contributed by atoms with Crippen LogP contribution in [0.2, 0.25) is 0 Å². The summed E-state index contributed by atoms with van der Waals surface area (Å²) < 4.78 is 0. The third-order valence-corrected chi connectivity index (χ3v) is 4.09. The first-order chi connectivity index (χ1) is 9.24. The van der Waals surface area contributed by atoms with Crippen LogP contribution in [0.25, 0.3) is 0 Å². The number of allylic oxidation sites excluding steroid dienone is 1. The zero-order valence-corrected chi connectivity index (χ0v) is 11.3. The van der Waals surface area contributed by atoms with Crippen LogP contribution in [-0.4, -0.2) is 23.9 Å². The van der Waals surface area contributed by atoms with Gasteiger partial charge in [0.25, 0.3) is 0 Å². The first-order valence-corrected chi connectivity index (χ1v) is 7.03. The van der Waals surface area contributed by atoms with E-state index in [9.17, 15) is 4.79 Å². The molecule has 0 aliphatic carbocycles. The van der Waals surface area contributed by atoms with Gasteiger partial charge in [-0.2, -0.15) is 0 Å². The number of fused-ring (bicyclic) bond motifs is 2. The quantitative estimate of drug-likeness (QED) is 0.901. The van der Waals surface area contributed by atoms with Crippen molar-refractivity contribution in [3.8, 4) is 0 Å². The second-order valence-electron chi connectivity index (χ2n) is 5.46. The maximum absolute atomic E-state index is 11.5. The molecule has 0 unspecified atom stereocenters. The number of nitrogens with zero attached hydrogens (tertiary/aromatic N) is 1. The van der Waals surface area contributed by atoms with Crippen LogP contribution in [-0.2, 0) is 4.79 Å². The van der Waals surface area contributed by atoms with Crippen LogP contribution in [0.15, 0.2) is 42.1 Å². The van der Waals surface area contributed by atoms with Crippen molar-refractivity contribution in [3.05, 3.63) is 47.7 Å². The van der Waals surface area contributed by atoms with Crippen LogP contribution in [0, 0.1) is 5.92 Å². The Balaban J connectivity index is 1.94. The minimum Gasteiger partial charge on any atom is -0.373 e. The molecule has 0 saturated carbocycles. The number of hydrogen-bond acceptors (Lipinski definition) is 2. The Bertz CT molecular complexity index is 487. The van der Waals surface area contributed by atoms with Crippen molar-refractivity contribution in [2.75, 3.05) is 13.1 Å². The van der Waals surface area contributed by atoms with E-state index in [1.54, 1.807) is 6.92 Å². The molecule has 1 aromatic carbocycles. The molecule has 1 saturated heterocycles. The molecule has 3 aliphatic rings. The monoisotopic (exact) mass is 256 g/mol. The van der Waals surface area contributed by atoms with Crippen molar-refractivity contribution in [1.82, 2.24) is 10.2 Å². The molecule has 100 valence electrons. The van der Waals surface area contributed by atoms with E-state index < -0.39 is 0 Å². The van der Waals surface area contributed by atoms with E-state index in [0.717, 1.165) is 18.7 Å². The van der Waals surface area contributed by atoms with Crippen molar-refractivity contribution in [2.24, 2.45) is 5.92 Å². The number of carbonyl (C=O) groups excluding carboxylic acids is 1. The normalized spacial score (nSPS) is 20.1. The first kappa shape index (κ1) is 12.3. The van der Waals surface area contributed by atoms with Crippen LogP contribution in [0.3, 0.4) is 0 Å². The highest BCUT2D eigenvalue weighted by molar-refractivity contribution is 5.74. The number of benzene rings is 1. The van der Waals surface area contributed by atoms with Crippen LogP contribution in [0.1, 0.15) is 31.4 Å². The van der Waals surface area contributed by atoms with Crippen molar-refractivity contribution in [2.45, 2.75) is 25.8 Å². The lowest BCUT2D eigenvalue weighted by Gasteiger charge is -2.43. The van der Waals surface area contributed by atoms with E-state index in [2.05, 4.69) is 28.4 Å². The molecular weight excluding hydrogens is 236 g/mol. The third kappa shape index (κ3) is 2.50. The summed E-state index contributed by atoms with van der Waals surface area (Å²) in [6.07, 6.45) is 4.87. The fourth-order valence-electron chi connectivity index (χ4n) is 3.13. The average Bonchev–Trinajstić information content (AvgIpc) is 2.47. The topological polar surface area (TPSA) is 32.3 Å². The summed E-state index contributed by atoms with van der Waals surface area (Å²) in [6, 6.07) is 10.2. The summed E-state index contributed by atoms with van der Waals surface area (Å²) in [5.41, 5.74) is 2.44. The number of piperidine rings is 1. The number of hydrogen-bond donors (Lipinski definition) is 1. The van der Waals surface area contributed by atoms with Gasteiger partial charge in [0.2, 0.25) is 5.91 Å². The lowest BCUT2D eigenvalue weighted by Crippen LogP contribution is -2.43. The molecule has 0 radical (unpaired) electrons. The smallest absolute Gasteiger partial charge is 0.217 e. The summed E-state index contributed by atoms with van der Waals surface area (Å²) in [6.45, 7) is 3.84. The number of nitrogens with one attached hydrogen (secondary N) is 1. The molecule has 3 heteroatoms. The molecule has 0 aromatic heterocycles. The average molecular weight is 256 g/mol. The molecular formula is C16H20N2O. The minimum absolute atomic E-state index is 0.00167. The van der Waals surface area contributed by atoms with Gasteiger partial charge >= 0.3 is 0 Å². The number of rotatable bonds is 3. The summed E-state index contributed by atoms with van der Waals surface area (Å²) in [7, 11) is 0. The van der Waals surface area contributed by atoms with Crippen LogP contribution in [0.4, 0.5) is 0 Å². The van der Waals surface area contributed by atoms with Gasteiger partial charge in [-0.05, 0) is 24.3 Å². The molecule has 2 bridgehead atoms. The van der Waals surface area contributed by atoms with Gasteiger partial charge in [0.1, 0.15) is 0 Å². The minimum atomic E-state index is 0.00167. The number of amides is 1. The molecule has 3 aliphatic heterocycles. The molecule has 1 aromatic rings. The third-order valence-electron chi connectivity index (χ3n) is 4.09. The Hall–Kier alpha value is -1.77. The van der Waals surface area contributed by atoms with Crippen molar-refractivity contribution in [3.63, 3.8) is 0 Å². The van der Waals surface area contributed by atoms with Crippen molar-refractivity contribution >= 4 is 5.91 Å². The SMILES string of the molecule is CC(=O)N[C@H](C1=CC2CCN1CC2)c1ccccc1. The number of carbonyl (C=O) groups is 1. The predicted octanol–water partition coefficient (Wildman–Crippen LogP) is 2.47. The Morgan fingerprint density at radius 3 is 2.47 bits per heavy atom. The van der Waals surface area contributed by atoms with E-state index in [-0.39, 0.29) is 11.9 Å². The molecule has 1 fully saturated rings. The van der Waals surface area contributed by atoms with Gasteiger partial charge < -0.3 is 10.2 Å². The molecule has 3 nitrogen and oxygen atoms in total. The van der Waals surface area contributed by atoms with Gasteiger partial charge in [-0.1, -0.05) is 36.4 Å². The Kier molecular flexibility index (Phi) is 3.28. The highest BCUT2D eigenvalue weighted by atomic mass is 16.1.